The highest BCUT2D eigenvalue weighted by Gasteiger charge is 2.03. The van der Waals surface area contributed by atoms with Crippen LogP contribution in [0.3, 0.4) is 0 Å². The molecular formula is C10H12BrNO. The van der Waals surface area contributed by atoms with Crippen LogP contribution >= 0.6 is 15.9 Å². The van der Waals surface area contributed by atoms with E-state index in [4.69, 9.17) is 0 Å². The summed E-state index contributed by atoms with van der Waals surface area (Å²) in [5.41, 5.74) is 1.33. The molecule has 0 aromatic heterocycles. The van der Waals surface area contributed by atoms with Crippen LogP contribution < -0.4 is 5.32 Å². The molecule has 3 heteroatoms. The number of halogens is 1. The number of hydrogen-bond donors (Lipinski definition) is 1. The molecular weight excluding hydrogens is 230 g/mol. The summed E-state index contributed by atoms with van der Waals surface area (Å²) in [4.78, 5) is 13.3. The van der Waals surface area contributed by atoms with Crippen LogP contribution in [0.5, 0.6) is 0 Å². The molecule has 70 valence electrons. The lowest BCUT2D eigenvalue weighted by molar-refractivity contribution is -0.115. The van der Waals surface area contributed by atoms with Crippen molar-refractivity contribution in [3.63, 3.8) is 0 Å². The van der Waals surface area contributed by atoms with E-state index in [2.05, 4.69) is 38.1 Å². The van der Waals surface area contributed by atoms with Gasteiger partial charge in [0, 0.05) is 28.4 Å². The van der Waals surface area contributed by atoms with Crippen LogP contribution in [-0.2, 0) is 4.79 Å². The third kappa shape index (κ3) is 4.14. The van der Waals surface area contributed by atoms with Gasteiger partial charge in [0.1, 0.15) is 0 Å². The summed E-state index contributed by atoms with van der Waals surface area (Å²) in [6.45, 7) is 0.653. The van der Waals surface area contributed by atoms with Crippen molar-refractivity contribution in [2.24, 2.45) is 0 Å². The molecule has 0 bridgehead atoms. The van der Waals surface area contributed by atoms with Crippen molar-refractivity contribution in [3.05, 3.63) is 11.6 Å². The van der Waals surface area contributed by atoms with Crippen molar-refractivity contribution in [2.75, 3.05) is 6.54 Å². The Morgan fingerprint density at radius 1 is 1.62 bits per heavy atom. The lowest BCUT2D eigenvalue weighted by atomic mass is 10.00. The maximum Gasteiger partial charge on any atom is 0.297 e. The molecule has 0 radical (unpaired) electrons. The lowest BCUT2D eigenvalue weighted by Gasteiger charge is -2.11. The average Bonchev–Trinajstić information content (AvgIpc) is 2.17. The van der Waals surface area contributed by atoms with Crippen molar-refractivity contribution in [2.45, 2.75) is 25.7 Å². The number of rotatable bonds is 2. The van der Waals surface area contributed by atoms with Crippen molar-refractivity contribution in [3.8, 4) is 10.8 Å². The molecule has 0 saturated heterocycles. The SMILES string of the molecule is O=C(C#CBr)NCC1=CCCCC1. The van der Waals surface area contributed by atoms with Gasteiger partial charge in [0.05, 0.1) is 0 Å². The minimum atomic E-state index is -0.219. The molecule has 0 aliphatic heterocycles. The summed E-state index contributed by atoms with van der Waals surface area (Å²) in [7, 11) is 0. The summed E-state index contributed by atoms with van der Waals surface area (Å²) < 4.78 is 0. The zero-order chi connectivity index (χ0) is 9.52. The van der Waals surface area contributed by atoms with E-state index in [-0.39, 0.29) is 5.91 Å². The van der Waals surface area contributed by atoms with E-state index in [1.54, 1.807) is 0 Å². The molecule has 1 amide bonds. The first kappa shape index (κ1) is 10.3. The Morgan fingerprint density at radius 3 is 3.08 bits per heavy atom. The monoisotopic (exact) mass is 241 g/mol. The highest BCUT2D eigenvalue weighted by Crippen LogP contribution is 2.15. The van der Waals surface area contributed by atoms with E-state index in [1.165, 1.54) is 18.4 Å². The third-order valence-electron chi connectivity index (χ3n) is 2.02. The second-order valence-electron chi connectivity index (χ2n) is 3.01. The van der Waals surface area contributed by atoms with Crippen LogP contribution in [0.25, 0.3) is 0 Å². The summed E-state index contributed by atoms with van der Waals surface area (Å²) in [5.74, 6) is 2.16. The molecule has 13 heavy (non-hydrogen) atoms. The molecule has 0 atom stereocenters. The molecule has 0 fully saturated rings. The summed E-state index contributed by atoms with van der Waals surface area (Å²) in [5, 5.41) is 2.74. The fraction of sp³-hybridized carbons (Fsp3) is 0.500. The maximum absolute atomic E-state index is 10.9. The molecule has 0 saturated carbocycles. The van der Waals surface area contributed by atoms with E-state index in [9.17, 15) is 4.79 Å². The van der Waals surface area contributed by atoms with Crippen molar-refractivity contribution < 1.29 is 4.79 Å². The van der Waals surface area contributed by atoms with E-state index in [1.807, 2.05) is 0 Å². The van der Waals surface area contributed by atoms with Gasteiger partial charge in [0.25, 0.3) is 5.91 Å². The Labute approximate surface area is 86.9 Å². The van der Waals surface area contributed by atoms with Crippen molar-refractivity contribution >= 4 is 21.8 Å². The number of allylic oxidation sites excluding steroid dienone is 1. The molecule has 1 aliphatic carbocycles. The van der Waals surface area contributed by atoms with Crippen LogP contribution in [-0.4, -0.2) is 12.5 Å². The number of carbonyl (C=O) groups excluding carboxylic acids is 1. The van der Waals surface area contributed by atoms with Crippen LogP contribution in [0.4, 0.5) is 0 Å². The van der Waals surface area contributed by atoms with Crippen LogP contribution in [0.15, 0.2) is 11.6 Å². The molecule has 2 nitrogen and oxygen atoms in total. The van der Waals surface area contributed by atoms with Gasteiger partial charge in [-0.05, 0) is 30.5 Å². The number of hydrogen-bond acceptors (Lipinski definition) is 1. The van der Waals surface area contributed by atoms with Gasteiger partial charge in [-0.1, -0.05) is 11.6 Å². The second-order valence-corrected chi connectivity index (χ2v) is 3.41. The number of amides is 1. The van der Waals surface area contributed by atoms with Gasteiger partial charge in [0.2, 0.25) is 0 Å². The molecule has 1 aliphatic rings. The second kappa shape index (κ2) is 5.82. The summed E-state index contributed by atoms with van der Waals surface area (Å²) in [6, 6.07) is 0. The Kier molecular flexibility index (Phi) is 4.63. The average molecular weight is 242 g/mol. The van der Waals surface area contributed by atoms with E-state index >= 15 is 0 Å². The Hall–Kier alpha value is -0.750. The van der Waals surface area contributed by atoms with Gasteiger partial charge in [-0.3, -0.25) is 4.79 Å². The fourth-order valence-electron chi connectivity index (χ4n) is 1.35. The largest absolute Gasteiger partial charge is 0.341 e. The van der Waals surface area contributed by atoms with Gasteiger partial charge < -0.3 is 5.32 Å². The minimum Gasteiger partial charge on any atom is -0.341 e. The quantitative estimate of drug-likeness (QED) is 0.582. The van der Waals surface area contributed by atoms with E-state index in [0.29, 0.717) is 6.54 Å². The molecule has 0 aromatic carbocycles. The van der Waals surface area contributed by atoms with Gasteiger partial charge in [0.15, 0.2) is 0 Å². The predicted octanol–water partition coefficient (Wildman–Crippen LogP) is 1.96. The van der Waals surface area contributed by atoms with Crippen LogP contribution in [0.2, 0.25) is 0 Å². The number of nitrogens with one attached hydrogen (secondary N) is 1. The molecule has 0 spiro atoms. The molecule has 1 rings (SSSR count). The predicted molar refractivity (Wildman–Crippen MR) is 56.3 cm³/mol. The van der Waals surface area contributed by atoms with Gasteiger partial charge in [-0.25, -0.2) is 0 Å². The topological polar surface area (TPSA) is 29.1 Å². The smallest absolute Gasteiger partial charge is 0.297 e. The van der Waals surface area contributed by atoms with Crippen LogP contribution in [0, 0.1) is 10.8 Å². The molecule has 0 unspecified atom stereocenters. The molecule has 0 aromatic rings. The summed E-state index contributed by atoms with van der Waals surface area (Å²) >= 11 is 2.88. The third-order valence-corrected chi connectivity index (χ3v) is 2.22. The van der Waals surface area contributed by atoms with Gasteiger partial charge >= 0.3 is 0 Å². The van der Waals surface area contributed by atoms with E-state index < -0.39 is 0 Å². The maximum atomic E-state index is 10.9. The zero-order valence-corrected chi connectivity index (χ0v) is 8.99. The Bertz CT molecular complexity index is 272. The Morgan fingerprint density at radius 2 is 2.46 bits per heavy atom. The van der Waals surface area contributed by atoms with Gasteiger partial charge in [-0.2, -0.15) is 0 Å². The number of carbonyl (C=O) groups is 1. The summed E-state index contributed by atoms with van der Waals surface area (Å²) in [6.07, 6.45) is 6.99. The highest BCUT2D eigenvalue weighted by molar-refractivity contribution is 9.12. The van der Waals surface area contributed by atoms with Crippen molar-refractivity contribution in [1.29, 1.82) is 0 Å². The van der Waals surface area contributed by atoms with Crippen molar-refractivity contribution in [1.82, 2.24) is 5.32 Å². The normalized spacial score (nSPS) is 15.3. The first-order valence-electron chi connectivity index (χ1n) is 4.40. The zero-order valence-electron chi connectivity index (χ0n) is 7.40. The molecule has 1 N–H and O–H groups in total. The van der Waals surface area contributed by atoms with E-state index in [0.717, 1.165) is 12.8 Å². The molecule has 0 heterocycles. The first-order chi connectivity index (χ1) is 6.33. The lowest BCUT2D eigenvalue weighted by Crippen LogP contribution is -2.24. The highest BCUT2D eigenvalue weighted by atomic mass is 79.9. The first-order valence-corrected chi connectivity index (χ1v) is 5.19. The minimum absolute atomic E-state index is 0.219. The Balaban J connectivity index is 2.27. The fourth-order valence-corrected chi connectivity index (χ4v) is 1.53. The van der Waals surface area contributed by atoms with Crippen LogP contribution in [0.1, 0.15) is 25.7 Å². The van der Waals surface area contributed by atoms with Gasteiger partial charge in [-0.15, -0.1) is 0 Å². The standard InChI is InChI=1S/C10H12BrNO/c11-7-6-10(13)12-8-9-4-2-1-3-5-9/h4H,1-3,5,8H2,(H,12,13).